The maximum Gasteiger partial charge on any atom is 0.417 e. The van der Waals surface area contributed by atoms with Gasteiger partial charge < -0.3 is 14.1 Å². The monoisotopic (exact) mass is 394 g/mol. The number of carbonyl (C=O) groups is 1. The first-order valence-electron chi connectivity index (χ1n) is 8.48. The van der Waals surface area contributed by atoms with Gasteiger partial charge in [0.15, 0.2) is 12.2 Å². The van der Waals surface area contributed by atoms with Gasteiger partial charge in [0.05, 0.1) is 36.7 Å². The summed E-state index contributed by atoms with van der Waals surface area (Å²) in [5.74, 6) is -0.295. The van der Waals surface area contributed by atoms with Crippen molar-refractivity contribution in [3.05, 3.63) is 42.3 Å². The molecule has 148 valence electrons. The highest BCUT2D eigenvalue weighted by atomic mass is 19.4. The minimum absolute atomic E-state index is 0.0354. The maximum absolute atomic E-state index is 13.4. The van der Waals surface area contributed by atoms with E-state index in [1.165, 1.54) is 17.3 Å². The SMILES string of the molecule is CN(CC1(C)COC1)C(=O)c1cnc2c(-c3cnco3)cc(C(F)(F)F)cn12. The fraction of sp³-hybridized carbons (Fsp3) is 0.389. The number of alkyl halides is 3. The molecule has 1 saturated heterocycles. The first-order valence-corrected chi connectivity index (χ1v) is 8.48. The summed E-state index contributed by atoms with van der Waals surface area (Å²) in [4.78, 5) is 22.3. The Morgan fingerprint density at radius 2 is 2.11 bits per heavy atom. The summed E-state index contributed by atoms with van der Waals surface area (Å²) in [7, 11) is 1.61. The second kappa shape index (κ2) is 6.33. The highest BCUT2D eigenvalue weighted by Crippen LogP contribution is 2.35. The van der Waals surface area contributed by atoms with Crippen molar-refractivity contribution in [2.45, 2.75) is 13.1 Å². The molecule has 1 aliphatic heterocycles. The number of amides is 1. The van der Waals surface area contributed by atoms with Gasteiger partial charge in [-0.25, -0.2) is 9.97 Å². The summed E-state index contributed by atoms with van der Waals surface area (Å²) in [6.45, 7) is 3.48. The first-order chi connectivity index (χ1) is 13.2. The second-order valence-corrected chi connectivity index (χ2v) is 7.31. The van der Waals surface area contributed by atoms with Gasteiger partial charge in [-0.2, -0.15) is 13.2 Å². The van der Waals surface area contributed by atoms with Crippen LogP contribution in [-0.2, 0) is 10.9 Å². The summed E-state index contributed by atoms with van der Waals surface area (Å²) >= 11 is 0. The van der Waals surface area contributed by atoms with Gasteiger partial charge in [0.1, 0.15) is 11.3 Å². The number of nitrogens with zero attached hydrogens (tertiary/aromatic N) is 4. The summed E-state index contributed by atoms with van der Waals surface area (Å²) in [5.41, 5.74) is -0.755. The van der Waals surface area contributed by atoms with Crippen LogP contribution in [0.3, 0.4) is 0 Å². The quantitative estimate of drug-likeness (QED) is 0.680. The molecule has 7 nitrogen and oxygen atoms in total. The van der Waals surface area contributed by atoms with Crippen molar-refractivity contribution < 1.29 is 27.1 Å². The van der Waals surface area contributed by atoms with Crippen LogP contribution in [0.1, 0.15) is 23.0 Å². The lowest BCUT2D eigenvalue weighted by Crippen LogP contribution is -2.49. The van der Waals surface area contributed by atoms with E-state index in [4.69, 9.17) is 9.15 Å². The summed E-state index contributed by atoms with van der Waals surface area (Å²) < 4.78 is 51.8. The topological polar surface area (TPSA) is 72.9 Å². The average molecular weight is 394 g/mol. The van der Waals surface area contributed by atoms with Gasteiger partial charge in [-0.15, -0.1) is 0 Å². The Morgan fingerprint density at radius 3 is 2.68 bits per heavy atom. The molecule has 4 rings (SSSR count). The number of hydrogen-bond donors (Lipinski definition) is 0. The van der Waals surface area contributed by atoms with Crippen molar-refractivity contribution in [2.75, 3.05) is 26.8 Å². The van der Waals surface area contributed by atoms with Gasteiger partial charge in [-0.3, -0.25) is 9.20 Å². The first kappa shape index (κ1) is 18.5. The number of imidazole rings is 1. The van der Waals surface area contributed by atoms with E-state index in [2.05, 4.69) is 9.97 Å². The lowest BCUT2D eigenvalue weighted by molar-refractivity contribution is -0.137. The van der Waals surface area contributed by atoms with Crippen molar-refractivity contribution in [3.63, 3.8) is 0 Å². The Balaban J connectivity index is 1.79. The van der Waals surface area contributed by atoms with Gasteiger partial charge in [0.25, 0.3) is 5.91 Å². The van der Waals surface area contributed by atoms with E-state index in [1.807, 2.05) is 6.92 Å². The number of fused-ring (bicyclic) bond motifs is 1. The molecule has 0 radical (unpaired) electrons. The third kappa shape index (κ3) is 3.13. The van der Waals surface area contributed by atoms with Gasteiger partial charge in [-0.05, 0) is 6.07 Å². The molecule has 1 aliphatic rings. The molecule has 0 atom stereocenters. The lowest BCUT2D eigenvalue weighted by Gasteiger charge is -2.40. The number of pyridine rings is 1. The van der Waals surface area contributed by atoms with Crippen molar-refractivity contribution in [1.29, 1.82) is 0 Å². The van der Waals surface area contributed by atoms with Crippen LogP contribution in [0.2, 0.25) is 0 Å². The molecule has 0 N–H and O–H groups in total. The molecular formula is C18H17F3N4O3. The summed E-state index contributed by atoms with van der Waals surface area (Å²) in [6.07, 6.45) is -0.0348. The van der Waals surface area contributed by atoms with E-state index >= 15 is 0 Å². The summed E-state index contributed by atoms with van der Waals surface area (Å²) in [5, 5.41) is 0. The van der Waals surface area contributed by atoms with Gasteiger partial charge >= 0.3 is 6.18 Å². The molecule has 3 aromatic rings. The minimum atomic E-state index is -4.60. The Morgan fingerprint density at radius 1 is 1.36 bits per heavy atom. The van der Waals surface area contributed by atoms with Gasteiger partial charge in [0, 0.05) is 25.2 Å². The number of oxazole rings is 1. The molecule has 0 aromatic carbocycles. The number of aromatic nitrogens is 3. The number of carbonyl (C=O) groups excluding carboxylic acids is 1. The third-order valence-corrected chi connectivity index (χ3v) is 4.72. The van der Waals surface area contributed by atoms with E-state index in [9.17, 15) is 18.0 Å². The maximum atomic E-state index is 13.4. The Labute approximate surface area is 157 Å². The Kier molecular flexibility index (Phi) is 4.18. The lowest BCUT2D eigenvalue weighted by atomic mass is 9.88. The smallest absolute Gasteiger partial charge is 0.417 e. The van der Waals surface area contributed by atoms with Crippen LogP contribution >= 0.6 is 0 Å². The zero-order valence-corrected chi connectivity index (χ0v) is 15.2. The molecule has 28 heavy (non-hydrogen) atoms. The molecule has 0 aliphatic carbocycles. The Hall–Kier alpha value is -2.88. The van der Waals surface area contributed by atoms with Gasteiger partial charge in [0.2, 0.25) is 0 Å². The molecule has 10 heteroatoms. The van der Waals surface area contributed by atoms with Crippen LogP contribution < -0.4 is 0 Å². The van der Waals surface area contributed by atoms with Gasteiger partial charge in [-0.1, -0.05) is 6.92 Å². The molecule has 1 fully saturated rings. The molecule has 0 bridgehead atoms. The standard InChI is InChI=1S/C18H17F3N4O3/c1-17(8-27-9-17)7-24(2)16(26)13-4-23-15-12(14-5-22-10-28-14)3-11(6-25(13)15)18(19,20)21/h3-6,10H,7-9H2,1-2H3. The van der Waals surface area contributed by atoms with Crippen LogP contribution in [0.4, 0.5) is 13.2 Å². The predicted octanol–water partition coefficient (Wildman–Crippen LogP) is 3.12. The third-order valence-electron chi connectivity index (χ3n) is 4.72. The Bertz CT molecular complexity index is 1020. The highest BCUT2D eigenvalue weighted by molar-refractivity contribution is 5.94. The van der Waals surface area contributed by atoms with Crippen LogP contribution in [-0.4, -0.2) is 52.0 Å². The van der Waals surface area contributed by atoms with E-state index in [0.29, 0.717) is 19.8 Å². The zero-order chi connectivity index (χ0) is 20.1. The van der Waals surface area contributed by atoms with Crippen LogP contribution in [0.15, 0.2) is 35.5 Å². The van der Waals surface area contributed by atoms with Crippen molar-refractivity contribution in [1.82, 2.24) is 19.3 Å². The van der Waals surface area contributed by atoms with Crippen LogP contribution in [0.5, 0.6) is 0 Å². The number of hydrogen-bond acceptors (Lipinski definition) is 5. The minimum Gasteiger partial charge on any atom is -0.443 e. The molecule has 0 unspecified atom stereocenters. The summed E-state index contributed by atoms with van der Waals surface area (Å²) in [6, 6.07) is 0.938. The van der Waals surface area contributed by atoms with Crippen molar-refractivity contribution in [2.24, 2.45) is 5.41 Å². The normalized spacial score (nSPS) is 16.2. The molecule has 0 saturated carbocycles. The zero-order valence-electron chi connectivity index (χ0n) is 15.2. The highest BCUT2D eigenvalue weighted by Gasteiger charge is 2.37. The molecule has 3 aromatic heterocycles. The largest absolute Gasteiger partial charge is 0.443 e. The molecular weight excluding hydrogens is 377 g/mol. The predicted molar refractivity (Wildman–Crippen MR) is 91.6 cm³/mol. The van der Waals surface area contributed by atoms with E-state index in [-0.39, 0.29) is 28.1 Å². The molecule has 0 spiro atoms. The van der Waals surface area contributed by atoms with Crippen molar-refractivity contribution >= 4 is 11.6 Å². The average Bonchev–Trinajstić information content (AvgIpc) is 3.27. The van der Waals surface area contributed by atoms with Crippen LogP contribution in [0.25, 0.3) is 17.0 Å². The fourth-order valence-electron chi connectivity index (χ4n) is 3.31. The second-order valence-electron chi connectivity index (χ2n) is 7.31. The van der Waals surface area contributed by atoms with E-state index in [1.54, 1.807) is 7.05 Å². The fourth-order valence-corrected chi connectivity index (χ4v) is 3.31. The number of ether oxygens (including phenoxy) is 1. The van der Waals surface area contributed by atoms with E-state index < -0.39 is 17.6 Å². The molecule has 1 amide bonds. The number of rotatable bonds is 4. The van der Waals surface area contributed by atoms with Crippen molar-refractivity contribution in [3.8, 4) is 11.3 Å². The number of halogens is 3. The van der Waals surface area contributed by atoms with E-state index in [0.717, 1.165) is 23.1 Å². The van der Waals surface area contributed by atoms with Crippen LogP contribution in [0, 0.1) is 5.41 Å². The molecule has 4 heterocycles.